The molecule has 0 aliphatic carbocycles. The highest BCUT2D eigenvalue weighted by molar-refractivity contribution is 5.96. The molecule has 19 heavy (non-hydrogen) atoms. The Hall–Kier alpha value is -1.79. The quantitative estimate of drug-likeness (QED) is 0.599. The van der Waals surface area contributed by atoms with E-state index in [9.17, 15) is 9.90 Å². The van der Waals surface area contributed by atoms with Crippen molar-refractivity contribution in [3.05, 3.63) is 23.8 Å². The molecular formula is C13H19NO5. The van der Waals surface area contributed by atoms with Gasteiger partial charge in [0.25, 0.3) is 5.91 Å². The number of nitrogens with one attached hydrogen (secondary N) is 1. The van der Waals surface area contributed by atoms with E-state index in [-0.39, 0.29) is 23.8 Å². The smallest absolute Gasteiger partial charge is 0.255 e. The molecule has 106 valence electrons. The van der Waals surface area contributed by atoms with Gasteiger partial charge in [-0.3, -0.25) is 4.79 Å². The average molecular weight is 269 g/mol. The first-order valence-electron chi connectivity index (χ1n) is 6.03. The van der Waals surface area contributed by atoms with Crippen molar-refractivity contribution in [2.45, 2.75) is 6.42 Å². The second kappa shape index (κ2) is 8.34. The zero-order valence-electron chi connectivity index (χ0n) is 10.9. The predicted octanol–water partition coefficient (Wildman–Crippen LogP) is 0.530. The first-order valence-corrected chi connectivity index (χ1v) is 6.03. The lowest BCUT2D eigenvalue weighted by Gasteiger charge is -2.08. The Morgan fingerprint density at radius 2 is 2.16 bits per heavy atom. The number of carbonyl (C=O) groups is 1. The Labute approximate surface area is 112 Å². The number of benzene rings is 1. The Morgan fingerprint density at radius 1 is 1.37 bits per heavy atom. The standard InChI is InChI=1S/C13H19NO5/c1-18-10-3-4-11(12(16)9-10)13(17)14-5-2-7-19-8-6-15/h3-4,9,15-16H,2,5-8H2,1H3,(H,14,17). The molecular weight excluding hydrogens is 250 g/mol. The molecule has 0 spiro atoms. The van der Waals surface area contributed by atoms with Gasteiger partial charge in [-0.15, -0.1) is 0 Å². The molecule has 0 heterocycles. The van der Waals surface area contributed by atoms with Crippen LogP contribution in [0.5, 0.6) is 11.5 Å². The van der Waals surface area contributed by atoms with Gasteiger partial charge in [-0.25, -0.2) is 0 Å². The summed E-state index contributed by atoms with van der Waals surface area (Å²) in [5.74, 6) is 0.0298. The first kappa shape index (κ1) is 15.3. The third-order valence-electron chi connectivity index (χ3n) is 2.44. The van der Waals surface area contributed by atoms with Crippen LogP contribution in [0.4, 0.5) is 0 Å². The number of ether oxygens (including phenoxy) is 2. The molecule has 1 amide bonds. The zero-order valence-corrected chi connectivity index (χ0v) is 10.9. The van der Waals surface area contributed by atoms with Crippen LogP contribution in [0.2, 0.25) is 0 Å². The second-order valence-electron chi connectivity index (χ2n) is 3.83. The number of aliphatic hydroxyl groups is 1. The number of phenols is 1. The van der Waals surface area contributed by atoms with Crippen LogP contribution in [-0.4, -0.2) is 49.6 Å². The predicted molar refractivity (Wildman–Crippen MR) is 69.5 cm³/mol. The van der Waals surface area contributed by atoms with E-state index in [0.717, 1.165) is 0 Å². The van der Waals surface area contributed by atoms with Crippen LogP contribution < -0.4 is 10.1 Å². The van der Waals surface area contributed by atoms with Gasteiger partial charge in [0.15, 0.2) is 0 Å². The van der Waals surface area contributed by atoms with Gasteiger partial charge in [-0.05, 0) is 18.6 Å². The van der Waals surface area contributed by atoms with Crippen molar-refractivity contribution in [3.8, 4) is 11.5 Å². The van der Waals surface area contributed by atoms with Crippen molar-refractivity contribution in [3.63, 3.8) is 0 Å². The maximum atomic E-state index is 11.8. The van der Waals surface area contributed by atoms with Gasteiger partial charge in [0, 0.05) is 19.2 Å². The van der Waals surface area contributed by atoms with Crippen molar-refractivity contribution in [2.75, 3.05) is 33.5 Å². The normalized spacial score (nSPS) is 10.2. The summed E-state index contributed by atoms with van der Waals surface area (Å²) in [4.78, 5) is 11.8. The van der Waals surface area contributed by atoms with Gasteiger partial charge in [0.1, 0.15) is 11.5 Å². The number of rotatable bonds is 8. The number of aromatic hydroxyl groups is 1. The van der Waals surface area contributed by atoms with Gasteiger partial charge in [0.2, 0.25) is 0 Å². The van der Waals surface area contributed by atoms with E-state index in [0.29, 0.717) is 31.9 Å². The van der Waals surface area contributed by atoms with Crippen molar-refractivity contribution in [2.24, 2.45) is 0 Å². The fourth-order valence-electron chi connectivity index (χ4n) is 1.47. The van der Waals surface area contributed by atoms with Crippen LogP contribution in [0.25, 0.3) is 0 Å². The van der Waals surface area contributed by atoms with Crippen LogP contribution in [0.1, 0.15) is 16.8 Å². The van der Waals surface area contributed by atoms with Gasteiger partial charge in [-0.2, -0.15) is 0 Å². The number of carbonyl (C=O) groups excluding carboxylic acids is 1. The third-order valence-corrected chi connectivity index (χ3v) is 2.44. The van der Waals surface area contributed by atoms with Crippen LogP contribution in [0.3, 0.4) is 0 Å². The summed E-state index contributed by atoms with van der Waals surface area (Å²) in [6.45, 7) is 1.20. The van der Waals surface area contributed by atoms with E-state index in [1.807, 2.05) is 0 Å². The van der Waals surface area contributed by atoms with Crippen LogP contribution in [-0.2, 0) is 4.74 Å². The molecule has 0 radical (unpaired) electrons. The van der Waals surface area contributed by atoms with Crippen molar-refractivity contribution in [1.29, 1.82) is 0 Å². The van der Waals surface area contributed by atoms with Gasteiger partial charge in [-0.1, -0.05) is 0 Å². The molecule has 0 aromatic heterocycles. The summed E-state index contributed by atoms with van der Waals surface area (Å²) in [7, 11) is 1.49. The van der Waals surface area contributed by atoms with Gasteiger partial charge < -0.3 is 25.0 Å². The zero-order chi connectivity index (χ0) is 14.1. The number of phenolic OH excluding ortho intramolecular Hbond substituents is 1. The van der Waals surface area contributed by atoms with Crippen LogP contribution in [0.15, 0.2) is 18.2 Å². The fraction of sp³-hybridized carbons (Fsp3) is 0.462. The molecule has 0 atom stereocenters. The molecule has 6 heteroatoms. The Morgan fingerprint density at radius 3 is 2.79 bits per heavy atom. The Balaban J connectivity index is 2.37. The van der Waals surface area contributed by atoms with Gasteiger partial charge >= 0.3 is 0 Å². The van der Waals surface area contributed by atoms with E-state index in [1.165, 1.54) is 19.2 Å². The minimum absolute atomic E-state index is 0.00786. The maximum absolute atomic E-state index is 11.8. The van der Waals surface area contributed by atoms with E-state index in [2.05, 4.69) is 5.32 Å². The molecule has 0 aliphatic heterocycles. The highest BCUT2D eigenvalue weighted by Crippen LogP contribution is 2.23. The number of aliphatic hydroxyl groups excluding tert-OH is 1. The number of methoxy groups -OCH3 is 1. The lowest BCUT2D eigenvalue weighted by Crippen LogP contribution is -2.25. The first-order chi connectivity index (χ1) is 9.19. The molecule has 0 saturated carbocycles. The lowest BCUT2D eigenvalue weighted by molar-refractivity contribution is 0.0866. The lowest BCUT2D eigenvalue weighted by atomic mass is 10.2. The SMILES string of the molecule is COc1ccc(C(=O)NCCCOCCO)c(O)c1. The molecule has 6 nitrogen and oxygen atoms in total. The molecule has 1 aromatic carbocycles. The summed E-state index contributed by atoms with van der Waals surface area (Å²) < 4.78 is 9.99. The summed E-state index contributed by atoms with van der Waals surface area (Å²) in [5, 5.41) is 20.8. The summed E-state index contributed by atoms with van der Waals surface area (Å²) in [5.41, 5.74) is 0.206. The van der Waals surface area contributed by atoms with E-state index in [4.69, 9.17) is 14.6 Å². The minimum atomic E-state index is -0.345. The second-order valence-corrected chi connectivity index (χ2v) is 3.83. The highest BCUT2D eigenvalue weighted by Gasteiger charge is 2.11. The molecule has 0 bridgehead atoms. The van der Waals surface area contributed by atoms with E-state index in [1.54, 1.807) is 6.07 Å². The molecule has 0 unspecified atom stereocenters. The van der Waals surface area contributed by atoms with Gasteiger partial charge in [0.05, 0.1) is 25.9 Å². The topological polar surface area (TPSA) is 88.0 Å². The molecule has 3 N–H and O–H groups in total. The van der Waals surface area contributed by atoms with Crippen LogP contribution >= 0.6 is 0 Å². The van der Waals surface area contributed by atoms with Crippen LogP contribution in [0, 0.1) is 0 Å². The summed E-state index contributed by atoms with van der Waals surface area (Å²) in [6, 6.07) is 4.50. The summed E-state index contributed by atoms with van der Waals surface area (Å²) >= 11 is 0. The number of hydrogen-bond acceptors (Lipinski definition) is 5. The molecule has 0 aliphatic rings. The average Bonchev–Trinajstić information content (AvgIpc) is 2.42. The largest absolute Gasteiger partial charge is 0.507 e. The molecule has 1 rings (SSSR count). The maximum Gasteiger partial charge on any atom is 0.255 e. The fourth-order valence-corrected chi connectivity index (χ4v) is 1.47. The van der Waals surface area contributed by atoms with Crippen molar-refractivity contribution < 1.29 is 24.5 Å². The molecule has 0 saturated heterocycles. The summed E-state index contributed by atoms with van der Waals surface area (Å²) in [6.07, 6.45) is 0.642. The third kappa shape index (κ3) is 5.15. The monoisotopic (exact) mass is 269 g/mol. The highest BCUT2D eigenvalue weighted by atomic mass is 16.5. The number of amides is 1. The number of hydrogen-bond donors (Lipinski definition) is 3. The molecule has 0 fully saturated rings. The van der Waals surface area contributed by atoms with Crippen molar-refractivity contribution >= 4 is 5.91 Å². The van der Waals surface area contributed by atoms with Crippen molar-refractivity contribution in [1.82, 2.24) is 5.32 Å². The Bertz CT molecular complexity index is 408. The van der Waals surface area contributed by atoms with E-state index < -0.39 is 0 Å². The minimum Gasteiger partial charge on any atom is -0.507 e. The van der Waals surface area contributed by atoms with E-state index >= 15 is 0 Å². The Kier molecular flexibility index (Phi) is 6.70. The molecule has 1 aromatic rings.